The fourth-order valence-electron chi connectivity index (χ4n) is 3.03. The second kappa shape index (κ2) is 8.79. The van der Waals surface area contributed by atoms with Crippen molar-refractivity contribution in [2.45, 2.75) is 6.42 Å². The lowest BCUT2D eigenvalue weighted by molar-refractivity contribution is -0.114. The molecular formula is C21H23Cl2N3O. The average Bonchev–Trinajstić information content (AvgIpc) is 2.99. The molecule has 0 saturated carbocycles. The SMILES string of the molecule is CN(C)CCNc1ccccc1/C=C1\CCN(c2ccc(Cl)c(Cl)c2)C1=O. The Labute approximate surface area is 170 Å². The Hall–Kier alpha value is -2.01. The first-order valence-electron chi connectivity index (χ1n) is 8.91. The largest absolute Gasteiger partial charge is 0.383 e. The van der Waals surface area contributed by atoms with E-state index in [2.05, 4.69) is 10.2 Å². The number of carbonyl (C=O) groups excluding carboxylic acids is 1. The number of nitrogens with one attached hydrogen (secondary N) is 1. The van der Waals surface area contributed by atoms with E-state index in [0.29, 0.717) is 23.0 Å². The molecule has 1 aliphatic heterocycles. The molecule has 27 heavy (non-hydrogen) atoms. The van der Waals surface area contributed by atoms with E-state index in [-0.39, 0.29) is 5.91 Å². The van der Waals surface area contributed by atoms with Crippen molar-refractivity contribution in [1.29, 1.82) is 0 Å². The maximum Gasteiger partial charge on any atom is 0.254 e. The summed E-state index contributed by atoms with van der Waals surface area (Å²) in [4.78, 5) is 16.8. The Morgan fingerprint density at radius 1 is 1.15 bits per heavy atom. The standard InChI is InChI=1S/C21H23Cl2N3O/c1-25(2)12-10-24-20-6-4-3-5-15(20)13-16-9-11-26(21(16)27)17-7-8-18(22)19(23)14-17/h3-8,13-14,24H,9-12H2,1-2H3/b16-13+. The summed E-state index contributed by atoms with van der Waals surface area (Å²) in [6.07, 6.45) is 2.68. The van der Waals surface area contributed by atoms with E-state index in [1.807, 2.05) is 50.5 Å². The van der Waals surface area contributed by atoms with Gasteiger partial charge in [0.05, 0.1) is 10.0 Å². The van der Waals surface area contributed by atoms with E-state index < -0.39 is 0 Å². The highest BCUT2D eigenvalue weighted by atomic mass is 35.5. The monoisotopic (exact) mass is 403 g/mol. The molecule has 1 aliphatic rings. The van der Waals surface area contributed by atoms with Crippen LogP contribution in [0, 0.1) is 0 Å². The molecular weight excluding hydrogens is 381 g/mol. The van der Waals surface area contributed by atoms with E-state index in [1.165, 1.54) is 0 Å². The number of benzene rings is 2. The predicted octanol–water partition coefficient (Wildman–Crippen LogP) is 4.79. The van der Waals surface area contributed by atoms with Crippen molar-refractivity contribution in [2.24, 2.45) is 0 Å². The maximum absolute atomic E-state index is 12.9. The summed E-state index contributed by atoms with van der Waals surface area (Å²) < 4.78 is 0. The van der Waals surface area contributed by atoms with Crippen LogP contribution in [-0.2, 0) is 4.79 Å². The molecule has 142 valence electrons. The number of anilines is 2. The minimum Gasteiger partial charge on any atom is -0.383 e. The number of hydrogen-bond acceptors (Lipinski definition) is 3. The van der Waals surface area contributed by atoms with Gasteiger partial charge in [-0.15, -0.1) is 0 Å². The normalized spacial score (nSPS) is 15.8. The van der Waals surface area contributed by atoms with E-state index in [0.717, 1.165) is 35.6 Å². The summed E-state index contributed by atoms with van der Waals surface area (Å²) in [5.74, 6) is 0.0106. The van der Waals surface area contributed by atoms with Crippen LogP contribution in [0.2, 0.25) is 10.0 Å². The summed E-state index contributed by atoms with van der Waals surface area (Å²) in [5.41, 5.74) is 3.63. The zero-order valence-electron chi connectivity index (χ0n) is 15.5. The Bertz CT molecular complexity index is 864. The van der Waals surface area contributed by atoms with Gasteiger partial charge in [-0.25, -0.2) is 0 Å². The van der Waals surface area contributed by atoms with Crippen LogP contribution < -0.4 is 10.2 Å². The van der Waals surface area contributed by atoms with Crippen LogP contribution in [0.3, 0.4) is 0 Å². The molecule has 0 aromatic heterocycles. The summed E-state index contributed by atoms with van der Waals surface area (Å²) >= 11 is 12.1. The summed E-state index contributed by atoms with van der Waals surface area (Å²) in [5, 5.41) is 4.39. The lowest BCUT2D eigenvalue weighted by atomic mass is 10.1. The fraction of sp³-hybridized carbons (Fsp3) is 0.286. The van der Waals surface area contributed by atoms with Crippen LogP contribution in [0.15, 0.2) is 48.0 Å². The van der Waals surface area contributed by atoms with Gasteiger partial charge >= 0.3 is 0 Å². The van der Waals surface area contributed by atoms with Crippen molar-refractivity contribution in [3.63, 3.8) is 0 Å². The topological polar surface area (TPSA) is 35.6 Å². The minimum absolute atomic E-state index is 0.0106. The quantitative estimate of drug-likeness (QED) is 0.704. The molecule has 1 heterocycles. The van der Waals surface area contributed by atoms with E-state index in [4.69, 9.17) is 23.2 Å². The van der Waals surface area contributed by atoms with Gasteiger partial charge in [0.15, 0.2) is 0 Å². The molecule has 0 atom stereocenters. The number of carbonyl (C=O) groups is 1. The molecule has 1 fully saturated rings. The van der Waals surface area contributed by atoms with Crippen LogP contribution in [0.4, 0.5) is 11.4 Å². The van der Waals surface area contributed by atoms with Crippen LogP contribution in [0.25, 0.3) is 6.08 Å². The highest BCUT2D eigenvalue weighted by Gasteiger charge is 2.27. The number of halogens is 2. The van der Waals surface area contributed by atoms with E-state index >= 15 is 0 Å². The van der Waals surface area contributed by atoms with Gasteiger partial charge in [0.25, 0.3) is 5.91 Å². The molecule has 0 aliphatic carbocycles. The van der Waals surface area contributed by atoms with Gasteiger partial charge in [0.2, 0.25) is 0 Å². The molecule has 0 radical (unpaired) electrons. The number of hydrogen-bond donors (Lipinski definition) is 1. The Balaban J connectivity index is 1.78. The summed E-state index contributed by atoms with van der Waals surface area (Å²) in [6.45, 7) is 2.42. The van der Waals surface area contributed by atoms with Crippen LogP contribution in [-0.4, -0.2) is 44.5 Å². The van der Waals surface area contributed by atoms with Crippen molar-refractivity contribution in [1.82, 2.24) is 4.90 Å². The number of nitrogens with zero attached hydrogens (tertiary/aromatic N) is 2. The van der Waals surface area contributed by atoms with Crippen LogP contribution in [0.1, 0.15) is 12.0 Å². The minimum atomic E-state index is 0.0106. The number of likely N-dealkylation sites (N-methyl/N-ethyl adjacent to an activating group) is 1. The molecule has 0 bridgehead atoms. The molecule has 2 aromatic rings. The van der Waals surface area contributed by atoms with Gasteiger partial charge in [-0.3, -0.25) is 4.79 Å². The van der Waals surface area contributed by atoms with E-state index in [9.17, 15) is 4.79 Å². The van der Waals surface area contributed by atoms with E-state index in [1.54, 1.807) is 17.0 Å². The molecule has 0 spiro atoms. The van der Waals surface area contributed by atoms with Crippen molar-refractivity contribution in [3.8, 4) is 0 Å². The Morgan fingerprint density at radius 3 is 2.67 bits per heavy atom. The lowest BCUT2D eigenvalue weighted by Crippen LogP contribution is -2.24. The van der Waals surface area contributed by atoms with Crippen molar-refractivity contribution >= 4 is 46.6 Å². The van der Waals surface area contributed by atoms with Gasteiger partial charge in [-0.2, -0.15) is 0 Å². The first-order valence-corrected chi connectivity index (χ1v) is 9.66. The van der Waals surface area contributed by atoms with Crippen molar-refractivity contribution < 1.29 is 4.79 Å². The second-order valence-corrected chi connectivity index (χ2v) is 7.61. The molecule has 2 aromatic carbocycles. The fourth-order valence-corrected chi connectivity index (χ4v) is 3.33. The third-order valence-corrected chi connectivity index (χ3v) is 5.24. The second-order valence-electron chi connectivity index (χ2n) is 6.79. The maximum atomic E-state index is 12.9. The molecule has 1 saturated heterocycles. The predicted molar refractivity (Wildman–Crippen MR) is 115 cm³/mol. The zero-order valence-corrected chi connectivity index (χ0v) is 17.0. The third-order valence-electron chi connectivity index (χ3n) is 4.50. The zero-order chi connectivity index (χ0) is 19.4. The average molecular weight is 404 g/mol. The molecule has 3 rings (SSSR count). The number of para-hydroxylation sites is 1. The van der Waals surface area contributed by atoms with Crippen molar-refractivity contribution in [3.05, 3.63) is 63.6 Å². The van der Waals surface area contributed by atoms with Crippen LogP contribution >= 0.6 is 23.2 Å². The molecule has 1 amide bonds. The first-order chi connectivity index (χ1) is 13.0. The van der Waals surface area contributed by atoms with Crippen LogP contribution in [0.5, 0.6) is 0 Å². The van der Waals surface area contributed by atoms with Gasteiger partial charge in [-0.1, -0.05) is 41.4 Å². The Morgan fingerprint density at radius 2 is 1.93 bits per heavy atom. The highest BCUT2D eigenvalue weighted by Crippen LogP contribution is 2.32. The summed E-state index contributed by atoms with van der Waals surface area (Å²) in [6, 6.07) is 13.3. The first kappa shape index (κ1) is 19.7. The lowest BCUT2D eigenvalue weighted by Gasteiger charge is -2.16. The van der Waals surface area contributed by atoms with Gasteiger partial charge in [0, 0.05) is 36.6 Å². The molecule has 4 nitrogen and oxygen atoms in total. The van der Waals surface area contributed by atoms with Gasteiger partial charge < -0.3 is 15.1 Å². The third kappa shape index (κ3) is 4.83. The number of rotatable bonds is 6. The molecule has 0 unspecified atom stereocenters. The Kier molecular flexibility index (Phi) is 6.42. The molecule has 6 heteroatoms. The van der Waals surface area contributed by atoms with Crippen molar-refractivity contribution in [2.75, 3.05) is 43.9 Å². The smallest absolute Gasteiger partial charge is 0.254 e. The summed E-state index contributed by atoms with van der Waals surface area (Å²) in [7, 11) is 4.09. The highest BCUT2D eigenvalue weighted by molar-refractivity contribution is 6.42. The molecule has 1 N–H and O–H groups in total. The van der Waals surface area contributed by atoms with Gasteiger partial charge in [-0.05, 0) is 56.4 Å². The number of amides is 1. The van der Waals surface area contributed by atoms with Gasteiger partial charge in [0.1, 0.15) is 0 Å².